The summed E-state index contributed by atoms with van der Waals surface area (Å²) in [7, 11) is 0. The Hall–Kier alpha value is -3.35. The van der Waals surface area contributed by atoms with E-state index in [9.17, 15) is 14.4 Å². The number of carbonyl (C=O) groups excluding carboxylic acids is 2. The first-order chi connectivity index (χ1) is 16.2. The van der Waals surface area contributed by atoms with Crippen molar-refractivity contribution in [1.29, 1.82) is 0 Å². The fraction of sp³-hybridized carbons (Fsp3) is 0.444. The molecule has 0 heterocycles. The molecule has 0 aromatic heterocycles. The predicted molar refractivity (Wildman–Crippen MR) is 130 cm³/mol. The topological polar surface area (TPSA) is 105 Å². The number of carboxylic acid groups (broad SMARTS) is 1. The summed E-state index contributed by atoms with van der Waals surface area (Å²) in [6.45, 7) is 7.93. The summed E-state index contributed by atoms with van der Waals surface area (Å²) in [4.78, 5) is 36.5. The van der Waals surface area contributed by atoms with Crippen LogP contribution in [-0.2, 0) is 14.3 Å². The van der Waals surface area contributed by atoms with Crippen molar-refractivity contribution < 1.29 is 24.2 Å². The van der Waals surface area contributed by atoms with Gasteiger partial charge in [0.25, 0.3) is 0 Å². The van der Waals surface area contributed by atoms with E-state index < -0.39 is 18.1 Å². The Kier molecular flexibility index (Phi) is 8.31. The van der Waals surface area contributed by atoms with Gasteiger partial charge in [-0.3, -0.25) is 9.59 Å². The van der Waals surface area contributed by atoms with Crippen LogP contribution in [0.4, 0.5) is 4.79 Å². The number of hydrogen-bond acceptors (Lipinski definition) is 4. The third-order valence-corrected chi connectivity index (χ3v) is 6.48. The van der Waals surface area contributed by atoms with Crippen molar-refractivity contribution in [2.75, 3.05) is 13.2 Å². The molecular formula is C27H34N2O5. The maximum Gasteiger partial charge on any atom is 0.407 e. The van der Waals surface area contributed by atoms with E-state index in [1.54, 1.807) is 0 Å². The van der Waals surface area contributed by atoms with Crippen molar-refractivity contribution in [2.24, 2.45) is 17.8 Å². The number of hydrogen-bond donors (Lipinski definition) is 3. The van der Waals surface area contributed by atoms with E-state index in [1.165, 1.54) is 0 Å². The van der Waals surface area contributed by atoms with Crippen LogP contribution in [0.1, 0.15) is 51.2 Å². The quantitative estimate of drug-likeness (QED) is 0.481. The average molecular weight is 467 g/mol. The number of amides is 2. The van der Waals surface area contributed by atoms with Gasteiger partial charge < -0.3 is 20.5 Å². The second-order valence-corrected chi connectivity index (χ2v) is 9.54. The Morgan fingerprint density at radius 3 is 1.97 bits per heavy atom. The molecule has 34 heavy (non-hydrogen) atoms. The van der Waals surface area contributed by atoms with E-state index in [2.05, 4.69) is 22.8 Å². The first-order valence-electron chi connectivity index (χ1n) is 11.8. The number of fused-ring (bicyclic) bond motifs is 3. The highest BCUT2D eigenvalue weighted by atomic mass is 16.5. The first-order valence-corrected chi connectivity index (χ1v) is 11.8. The van der Waals surface area contributed by atoms with E-state index >= 15 is 0 Å². The van der Waals surface area contributed by atoms with Gasteiger partial charge in [0.15, 0.2) is 0 Å². The number of alkyl carbamates (subject to hydrolysis) is 1. The molecular weight excluding hydrogens is 432 g/mol. The largest absolute Gasteiger partial charge is 0.481 e. The third kappa shape index (κ3) is 5.95. The fourth-order valence-electron chi connectivity index (χ4n) is 4.41. The van der Waals surface area contributed by atoms with E-state index in [0.717, 1.165) is 22.3 Å². The lowest BCUT2D eigenvalue weighted by Crippen LogP contribution is -2.51. The predicted octanol–water partition coefficient (Wildman–Crippen LogP) is 4.41. The standard InChI is InChI=1S/C27H34N2O5/c1-16(2)18(13-24(30)31)14-28-26(32)25(17(3)4)29-27(33)34-15-23-21-11-7-5-9-19(21)20-10-6-8-12-22(20)23/h5-12,16-18,23,25H,13-15H2,1-4H3,(H,28,32)(H,29,33)(H,30,31)/t18?,25-/m0/s1. The Bertz CT molecular complexity index is 988. The average Bonchev–Trinajstić information content (AvgIpc) is 3.11. The van der Waals surface area contributed by atoms with E-state index in [4.69, 9.17) is 9.84 Å². The van der Waals surface area contributed by atoms with Gasteiger partial charge in [0.05, 0.1) is 6.42 Å². The van der Waals surface area contributed by atoms with Crippen molar-refractivity contribution in [1.82, 2.24) is 10.6 Å². The minimum absolute atomic E-state index is 0.0237. The molecule has 0 aliphatic heterocycles. The molecule has 1 unspecified atom stereocenters. The van der Waals surface area contributed by atoms with Crippen LogP contribution >= 0.6 is 0 Å². The lowest BCUT2D eigenvalue weighted by atomic mass is 9.92. The molecule has 1 aliphatic carbocycles. The Labute approximate surface area is 200 Å². The molecule has 2 atom stereocenters. The normalized spacial score (nSPS) is 14.3. The zero-order valence-electron chi connectivity index (χ0n) is 20.2. The zero-order valence-corrected chi connectivity index (χ0v) is 20.2. The second kappa shape index (κ2) is 11.2. The number of nitrogens with one attached hydrogen (secondary N) is 2. The van der Waals surface area contributed by atoms with Gasteiger partial charge in [-0.2, -0.15) is 0 Å². The SMILES string of the molecule is CC(C)C(CNC(=O)[C@@H](NC(=O)OCC1c2ccccc2-c2ccccc21)C(C)C)CC(=O)O. The number of carboxylic acids is 1. The molecule has 7 nitrogen and oxygen atoms in total. The molecule has 0 saturated heterocycles. The first kappa shape index (κ1) is 25.3. The maximum atomic E-state index is 12.8. The third-order valence-electron chi connectivity index (χ3n) is 6.48. The summed E-state index contributed by atoms with van der Waals surface area (Å²) in [5, 5.41) is 14.6. The Morgan fingerprint density at radius 1 is 0.912 bits per heavy atom. The Balaban J connectivity index is 1.60. The molecule has 3 rings (SSSR count). The van der Waals surface area contributed by atoms with Crippen LogP contribution in [0.5, 0.6) is 0 Å². The van der Waals surface area contributed by atoms with Gasteiger partial charge in [0, 0.05) is 12.5 Å². The minimum atomic E-state index is -0.898. The highest BCUT2D eigenvalue weighted by Crippen LogP contribution is 2.44. The van der Waals surface area contributed by atoms with Gasteiger partial charge in [-0.1, -0.05) is 76.2 Å². The van der Waals surface area contributed by atoms with Crippen molar-refractivity contribution in [3.63, 3.8) is 0 Å². The Morgan fingerprint density at radius 2 is 1.47 bits per heavy atom. The molecule has 3 N–H and O–H groups in total. The number of benzene rings is 2. The van der Waals surface area contributed by atoms with Crippen LogP contribution in [0.25, 0.3) is 11.1 Å². The molecule has 2 aromatic carbocycles. The number of ether oxygens (including phenoxy) is 1. The molecule has 0 fully saturated rings. The minimum Gasteiger partial charge on any atom is -0.481 e. The molecule has 0 saturated carbocycles. The molecule has 0 bridgehead atoms. The van der Waals surface area contributed by atoms with Crippen molar-refractivity contribution in [2.45, 2.75) is 46.1 Å². The van der Waals surface area contributed by atoms with Crippen LogP contribution in [0.15, 0.2) is 48.5 Å². The van der Waals surface area contributed by atoms with Gasteiger partial charge in [-0.15, -0.1) is 0 Å². The zero-order chi connectivity index (χ0) is 24.8. The van der Waals surface area contributed by atoms with Gasteiger partial charge in [0.2, 0.25) is 5.91 Å². The van der Waals surface area contributed by atoms with E-state index in [-0.39, 0.29) is 49.2 Å². The summed E-state index contributed by atoms with van der Waals surface area (Å²) >= 11 is 0. The molecule has 7 heteroatoms. The highest BCUT2D eigenvalue weighted by Gasteiger charge is 2.30. The molecule has 2 amide bonds. The molecule has 2 aromatic rings. The fourth-order valence-corrected chi connectivity index (χ4v) is 4.41. The van der Waals surface area contributed by atoms with E-state index in [0.29, 0.717) is 0 Å². The summed E-state index contributed by atoms with van der Waals surface area (Å²) in [6.07, 6.45) is -0.675. The van der Waals surface area contributed by atoms with Crippen molar-refractivity contribution >= 4 is 18.0 Å². The second-order valence-electron chi connectivity index (χ2n) is 9.54. The molecule has 0 radical (unpaired) electrons. The van der Waals surface area contributed by atoms with Crippen LogP contribution in [0.2, 0.25) is 0 Å². The van der Waals surface area contributed by atoms with Crippen molar-refractivity contribution in [3.05, 3.63) is 59.7 Å². The summed E-state index contributed by atoms with van der Waals surface area (Å²) < 4.78 is 5.58. The monoisotopic (exact) mass is 466 g/mol. The summed E-state index contributed by atoms with van der Waals surface area (Å²) in [5.74, 6) is -1.57. The van der Waals surface area contributed by atoms with Crippen LogP contribution in [0, 0.1) is 17.8 Å². The van der Waals surface area contributed by atoms with Crippen LogP contribution < -0.4 is 10.6 Å². The van der Waals surface area contributed by atoms with Crippen LogP contribution in [-0.4, -0.2) is 42.3 Å². The lowest BCUT2D eigenvalue weighted by molar-refractivity contribution is -0.138. The van der Waals surface area contributed by atoms with E-state index in [1.807, 2.05) is 64.1 Å². The highest BCUT2D eigenvalue weighted by molar-refractivity contribution is 5.86. The number of carbonyl (C=O) groups is 3. The van der Waals surface area contributed by atoms with Crippen molar-refractivity contribution in [3.8, 4) is 11.1 Å². The smallest absolute Gasteiger partial charge is 0.407 e. The lowest BCUT2D eigenvalue weighted by Gasteiger charge is -2.25. The van der Waals surface area contributed by atoms with Crippen LogP contribution in [0.3, 0.4) is 0 Å². The maximum absolute atomic E-state index is 12.8. The molecule has 1 aliphatic rings. The summed E-state index contributed by atoms with van der Waals surface area (Å²) in [6, 6.07) is 15.4. The molecule has 182 valence electrons. The van der Waals surface area contributed by atoms with Gasteiger partial charge in [0.1, 0.15) is 12.6 Å². The number of rotatable bonds is 10. The molecule has 0 spiro atoms. The summed E-state index contributed by atoms with van der Waals surface area (Å²) in [5.41, 5.74) is 4.53. The van der Waals surface area contributed by atoms with Gasteiger partial charge >= 0.3 is 12.1 Å². The van der Waals surface area contributed by atoms with Gasteiger partial charge in [-0.05, 0) is 40.0 Å². The number of aliphatic carboxylic acids is 1. The van der Waals surface area contributed by atoms with Gasteiger partial charge in [-0.25, -0.2) is 4.79 Å².